The van der Waals surface area contributed by atoms with Gasteiger partial charge in [-0.3, -0.25) is 33.4 Å². The van der Waals surface area contributed by atoms with Crippen molar-refractivity contribution in [1.82, 2.24) is 66.0 Å². The number of halogens is 1. The topological polar surface area (TPSA) is 330 Å². The van der Waals surface area contributed by atoms with E-state index in [1.807, 2.05) is 0 Å². The molecule has 2 aliphatic heterocycles. The minimum absolute atomic E-state index is 0.0451. The van der Waals surface area contributed by atoms with Crippen molar-refractivity contribution in [3.05, 3.63) is 80.3 Å². The molecule has 25 nitrogen and oxygen atoms in total. The van der Waals surface area contributed by atoms with Crippen LogP contribution < -0.4 is 32.1 Å². The molecule has 1 aromatic carbocycles. The number of esters is 1. The molecule has 1 aliphatic carbocycles. The predicted molar refractivity (Wildman–Crippen MR) is 313 cm³/mol. The van der Waals surface area contributed by atoms with Gasteiger partial charge in [0, 0.05) is 59.8 Å². The fraction of sp³-hybridized carbons (Fsp3) is 0.559. The Hall–Kier alpha value is -7.62. The van der Waals surface area contributed by atoms with Gasteiger partial charge in [-0.1, -0.05) is 46.3 Å². The number of carbonyl (C=O) groups is 6. The minimum atomic E-state index is -3.55. The highest BCUT2D eigenvalue weighted by Gasteiger charge is 2.46. The maximum atomic E-state index is 15.5. The Morgan fingerprint density at radius 2 is 1.66 bits per heavy atom. The molecule has 0 radical (unpaired) electrons. The summed E-state index contributed by atoms with van der Waals surface area (Å²) in [5.41, 5.74) is 2.24. The molecule has 8 rings (SSSR count). The number of aryl methyl sites for hydroxylation is 2. The summed E-state index contributed by atoms with van der Waals surface area (Å²) in [4.78, 5) is 110. The molecule has 3 aliphatic rings. The summed E-state index contributed by atoms with van der Waals surface area (Å²) in [5, 5.41) is 33.9. The van der Waals surface area contributed by atoms with Crippen LogP contribution >= 0.6 is 0 Å². The Morgan fingerprint density at radius 3 is 2.36 bits per heavy atom. The van der Waals surface area contributed by atoms with Crippen molar-refractivity contribution in [2.75, 3.05) is 45.8 Å². The van der Waals surface area contributed by atoms with Crippen molar-refractivity contribution in [2.24, 2.45) is 5.92 Å². The molecule has 4 aromatic heterocycles. The number of sulfone groups is 1. The van der Waals surface area contributed by atoms with E-state index in [1.165, 1.54) is 23.0 Å². The van der Waals surface area contributed by atoms with Crippen LogP contribution in [-0.2, 0) is 79.8 Å². The van der Waals surface area contributed by atoms with E-state index in [0.717, 1.165) is 50.7 Å². The van der Waals surface area contributed by atoms with Crippen molar-refractivity contribution in [3.8, 4) is 22.6 Å². The first-order valence-electron chi connectivity index (χ1n) is 29.5. The molecule has 0 spiro atoms. The van der Waals surface area contributed by atoms with Crippen LogP contribution in [0.5, 0.6) is 0 Å². The van der Waals surface area contributed by atoms with Gasteiger partial charge in [-0.25, -0.2) is 32.6 Å². The average Bonchev–Trinajstić information content (AvgIpc) is 1.46. The second kappa shape index (κ2) is 28.3. The minimum Gasteiger partial charge on any atom is -0.458 e. The van der Waals surface area contributed by atoms with E-state index in [-0.39, 0.29) is 60.5 Å². The maximum absolute atomic E-state index is 15.5. The monoisotopic (exact) mass is 1210 g/mol. The number of rotatable bonds is 30. The third kappa shape index (κ3) is 14.8. The molecule has 0 fully saturated rings. The van der Waals surface area contributed by atoms with E-state index in [9.17, 15) is 47.1 Å². The van der Waals surface area contributed by atoms with Crippen molar-refractivity contribution >= 4 is 56.2 Å². The summed E-state index contributed by atoms with van der Waals surface area (Å²) in [5.74, 6) is -4.28. The number of nitrogens with one attached hydrogen (secondary N) is 5. The van der Waals surface area contributed by atoms with Crippen LogP contribution in [-0.4, -0.2) is 146 Å². The van der Waals surface area contributed by atoms with Gasteiger partial charge in [0.1, 0.15) is 43.5 Å². The highest BCUT2D eigenvalue weighted by Crippen LogP contribution is 2.46. The Bertz CT molecular complexity index is 3530. The number of fused-ring (bicyclic) bond motifs is 5. The molecule has 6 heterocycles. The molecule has 86 heavy (non-hydrogen) atoms. The third-order valence-corrected chi connectivity index (χ3v) is 16.9. The van der Waals surface area contributed by atoms with Gasteiger partial charge in [0.2, 0.25) is 44.5 Å². The molecule has 0 saturated heterocycles. The zero-order valence-corrected chi connectivity index (χ0v) is 50.7. The number of carbonyl (C=O) groups excluding carboxylic acids is 6. The number of hydrogen-bond acceptors (Lipinski definition) is 18. The Balaban J connectivity index is 0.830. The van der Waals surface area contributed by atoms with Gasteiger partial charge < -0.3 is 50.6 Å². The van der Waals surface area contributed by atoms with Gasteiger partial charge in [0.25, 0.3) is 5.56 Å². The molecule has 6 N–H and O–H groups in total. The van der Waals surface area contributed by atoms with E-state index in [0.29, 0.717) is 95.3 Å². The number of aromatic nitrogens is 7. The quantitative estimate of drug-likeness (QED) is 0.0163. The lowest BCUT2D eigenvalue weighted by Crippen LogP contribution is -2.56. The number of nitrogens with zero attached hydrogens (tertiary/aromatic N) is 8. The first kappa shape index (κ1) is 64.4. The summed E-state index contributed by atoms with van der Waals surface area (Å²) < 4.78 is 52.8. The number of ether oxygens (including phenoxy) is 2. The van der Waals surface area contributed by atoms with Gasteiger partial charge in [0.15, 0.2) is 5.60 Å². The number of benzene rings is 1. The normalized spacial score (nSPS) is 16.7. The molecular formula is C59H78FN13O12S. The lowest BCUT2D eigenvalue weighted by atomic mass is 9.81. The number of cyclic esters (lactones) is 1. The summed E-state index contributed by atoms with van der Waals surface area (Å²) >= 11 is 0. The second-order valence-corrected chi connectivity index (χ2v) is 24.6. The van der Waals surface area contributed by atoms with Crippen molar-refractivity contribution < 1.29 is 56.2 Å². The van der Waals surface area contributed by atoms with Crippen molar-refractivity contribution in [3.63, 3.8) is 0 Å². The number of pyridine rings is 2. The lowest BCUT2D eigenvalue weighted by Gasteiger charge is -2.31. The Labute approximate surface area is 498 Å². The van der Waals surface area contributed by atoms with E-state index in [2.05, 4.69) is 65.6 Å². The van der Waals surface area contributed by atoms with Gasteiger partial charge in [-0.05, 0) is 119 Å². The SMILES string of the molecule is CCCN(CCC)CCCC[C@H](NC(=O)[C@@H](NC(=O)CCCCCn1cc(-c2cnc(S(C)(=O)=O)nc2)nn1)C(C)C)C(=O)NCC(=O)NCOCC(=O)N[C@H]1CCc2c(C)c(F)cc3nc4c(c1c23)Cn1c-4cc2c(c1=O)COC(=O)[C@]2(O)CC. The lowest BCUT2D eigenvalue weighted by molar-refractivity contribution is -0.172. The first-order valence-corrected chi connectivity index (χ1v) is 31.4. The molecule has 27 heteroatoms. The second-order valence-electron chi connectivity index (χ2n) is 22.7. The largest absolute Gasteiger partial charge is 0.458 e. The smallest absolute Gasteiger partial charge is 0.343 e. The fourth-order valence-corrected chi connectivity index (χ4v) is 11.9. The Kier molecular flexibility index (Phi) is 21.2. The molecule has 464 valence electrons. The van der Waals surface area contributed by atoms with E-state index in [4.69, 9.17) is 14.5 Å². The molecule has 0 unspecified atom stereocenters. The molecule has 0 saturated carbocycles. The highest BCUT2D eigenvalue weighted by molar-refractivity contribution is 7.90. The van der Waals surface area contributed by atoms with Gasteiger partial charge >= 0.3 is 5.97 Å². The molecular weight excluding hydrogens is 1130 g/mol. The zero-order chi connectivity index (χ0) is 62.0. The summed E-state index contributed by atoms with van der Waals surface area (Å²) in [6, 6.07) is 0.291. The van der Waals surface area contributed by atoms with Crippen LogP contribution in [0.2, 0.25) is 0 Å². The summed E-state index contributed by atoms with van der Waals surface area (Å²) in [7, 11) is -3.55. The number of hydrogen-bond donors (Lipinski definition) is 6. The predicted octanol–water partition coefficient (Wildman–Crippen LogP) is 3.47. The van der Waals surface area contributed by atoms with Gasteiger partial charge in [-0.2, -0.15) is 0 Å². The van der Waals surface area contributed by atoms with Crippen molar-refractivity contribution in [1.29, 1.82) is 0 Å². The van der Waals surface area contributed by atoms with Gasteiger partial charge in [0.05, 0.1) is 47.8 Å². The van der Waals surface area contributed by atoms with Crippen LogP contribution in [0, 0.1) is 18.7 Å². The number of aliphatic hydroxyl groups is 1. The average molecular weight is 1210 g/mol. The first-order chi connectivity index (χ1) is 41.1. The van der Waals surface area contributed by atoms with E-state index >= 15 is 4.39 Å². The summed E-state index contributed by atoms with van der Waals surface area (Å²) in [6.45, 7) is 12.7. The Morgan fingerprint density at radius 1 is 0.919 bits per heavy atom. The molecule has 5 amide bonds. The van der Waals surface area contributed by atoms with Crippen molar-refractivity contribution in [2.45, 2.75) is 167 Å². The van der Waals surface area contributed by atoms with Crippen LogP contribution in [0.25, 0.3) is 33.5 Å². The number of unbranched alkanes of at least 4 members (excludes halogenated alkanes) is 3. The standard InChI is InChI=1S/C59H78FN13O12S/c1-8-20-71(21-9-2)22-15-13-16-43(67-55(78)52(34(4)5)68-47(74)17-12-11-14-23-72-30-45(69-70-72)36-26-62-58(63-27-36)86(7,82)83)54(77)61-28-48(75)64-33-84-32-49(76)65-42-19-18-37-35(6)41(60)25-44-50(37)51(42)38-29-73-46(53(38)66-44)24-40-39(56(73)79)31-85-57(80)59(40,81)10-3/h24-27,30,34,42-43,52,81H,8-23,28-29,31-33H2,1-7H3,(H,61,77)(H,64,75)(H,65,76)(H,67,78)(H,68,74)/t42-,43-,52-,59-/m0/s1. The van der Waals surface area contributed by atoms with Crippen LogP contribution in [0.1, 0.15) is 145 Å². The fourth-order valence-electron chi connectivity index (χ4n) is 11.4. The van der Waals surface area contributed by atoms with E-state index in [1.54, 1.807) is 44.6 Å². The van der Waals surface area contributed by atoms with Crippen LogP contribution in [0.4, 0.5) is 4.39 Å². The molecule has 4 atom stereocenters. The van der Waals surface area contributed by atoms with Crippen LogP contribution in [0.15, 0.2) is 40.7 Å². The maximum Gasteiger partial charge on any atom is 0.343 e. The van der Waals surface area contributed by atoms with E-state index < -0.39 is 94.4 Å². The molecule has 0 bridgehead atoms. The van der Waals surface area contributed by atoms with Crippen LogP contribution in [0.3, 0.4) is 0 Å². The molecule has 5 aromatic rings. The highest BCUT2D eigenvalue weighted by atomic mass is 32.2. The third-order valence-electron chi connectivity index (χ3n) is 16.0. The number of amides is 5. The van der Waals surface area contributed by atoms with Gasteiger partial charge in [-0.15, -0.1) is 5.10 Å². The zero-order valence-electron chi connectivity index (χ0n) is 49.8. The summed E-state index contributed by atoms with van der Waals surface area (Å²) in [6.07, 6.45) is 11.8.